The first-order chi connectivity index (χ1) is 8.72. The van der Waals surface area contributed by atoms with Gasteiger partial charge in [-0.05, 0) is 31.2 Å². The lowest BCUT2D eigenvalue weighted by Gasteiger charge is -2.21. The predicted molar refractivity (Wildman–Crippen MR) is 78.6 cm³/mol. The van der Waals surface area contributed by atoms with Gasteiger partial charge in [-0.1, -0.05) is 11.6 Å². The first-order valence-corrected chi connectivity index (χ1v) is 6.43. The predicted octanol–water partition coefficient (Wildman–Crippen LogP) is 2.21. The fourth-order valence-electron chi connectivity index (χ4n) is 2.06. The maximum atomic E-state index is 12.4. The second-order valence-electron chi connectivity index (χ2n) is 4.24. The number of nitrogens with one attached hydrogen (secondary N) is 1. The summed E-state index contributed by atoms with van der Waals surface area (Å²) in [5.41, 5.74) is 0.573. The van der Waals surface area contributed by atoms with Crippen LogP contribution in [0, 0.1) is 0 Å². The van der Waals surface area contributed by atoms with E-state index in [4.69, 9.17) is 16.3 Å². The van der Waals surface area contributed by atoms with Crippen molar-refractivity contribution in [1.82, 2.24) is 10.2 Å². The Hall–Kier alpha value is -0.970. The van der Waals surface area contributed by atoms with Crippen LogP contribution in [0.25, 0.3) is 0 Å². The quantitative estimate of drug-likeness (QED) is 0.911. The zero-order valence-electron chi connectivity index (χ0n) is 10.8. The van der Waals surface area contributed by atoms with Gasteiger partial charge in [0.15, 0.2) is 0 Å². The van der Waals surface area contributed by atoms with E-state index in [2.05, 4.69) is 5.32 Å². The molecule has 1 aromatic rings. The molecule has 0 atom stereocenters. The van der Waals surface area contributed by atoms with Crippen molar-refractivity contribution in [2.45, 2.75) is 6.42 Å². The highest BCUT2D eigenvalue weighted by Crippen LogP contribution is 2.24. The summed E-state index contributed by atoms with van der Waals surface area (Å²) in [5.74, 6) is 0.539. The number of hydrogen-bond acceptors (Lipinski definition) is 3. The molecule has 1 fully saturated rings. The third-order valence-electron chi connectivity index (χ3n) is 3.02. The number of hydrogen-bond donors (Lipinski definition) is 1. The Kier molecular flexibility index (Phi) is 6.42. The van der Waals surface area contributed by atoms with Gasteiger partial charge in [-0.15, -0.1) is 12.4 Å². The number of rotatable bonds is 2. The summed E-state index contributed by atoms with van der Waals surface area (Å²) in [4.78, 5) is 14.3. The minimum atomic E-state index is 0. The van der Waals surface area contributed by atoms with Gasteiger partial charge in [0.25, 0.3) is 5.91 Å². The lowest BCUT2D eigenvalue weighted by molar-refractivity contribution is 0.0763. The largest absolute Gasteiger partial charge is 0.496 e. The van der Waals surface area contributed by atoms with Crippen LogP contribution in [0.15, 0.2) is 18.2 Å². The summed E-state index contributed by atoms with van der Waals surface area (Å²) in [6, 6.07) is 5.11. The highest BCUT2D eigenvalue weighted by molar-refractivity contribution is 6.30. The topological polar surface area (TPSA) is 41.6 Å². The summed E-state index contributed by atoms with van der Waals surface area (Å²) in [7, 11) is 1.55. The SMILES string of the molecule is COc1cc(Cl)ccc1C(=O)N1CCCNCC1.Cl. The maximum Gasteiger partial charge on any atom is 0.257 e. The molecule has 1 aliphatic heterocycles. The molecule has 0 aliphatic carbocycles. The molecule has 0 spiro atoms. The van der Waals surface area contributed by atoms with Crippen LogP contribution in [0.4, 0.5) is 0 Å². The lowest BCUT2D eigenvalue weighted by Crippen LogP contribution is -2.34. The third kappa shape index (κ3) is 4.00. The summed E-state index contributed by atoms with van der Waals surface area (Å²) in [5, 5.41) is 3.85. The van der Waals surface area contributed by atoms with Crippen LogP contribution in [-0.4, -0.2) is 44.1 Å². The van der Waals surface area contributed by atoms with Gasteiger partial charge in [-0.3, -0.25) is 4.79 Å². The number of carbonyl (C=O) groups is 1. The van der Waals surface area contributed by atoms with E-state index in [0.29, 0.717) is 16.3 Å². The number of amides is 1. The minimum Gasteiger partial charge on any atom is -0.496 e. The molecule has 1 amide bonds. The number of halogens is 2. The monoisotopic (exact) mass is 304 g/mol. The summed E-state index contributed by atoms with van der Waals surface area (Å²) < 4.78 is 5.22. The molecule has 0 aromatic heterocycles. The standard InChI is InChI=1S/C13H17ClN2O2.ClH/c1-18-12-9-10(14)3-4-11(12)13(17)16-7-2-5-15-6-8-16;/h3-4,9,15H,2,5-8H2,1H3;1H. The fourth-order valence-corrected chi connectivity index (χ4v) is 2.22. The highest BCUT2D eigenvalue weighted by atomic mass is 35.5. The minimum absolute atomic E-state index is 0. The number of carbonyl (C=O) groups excluding carboxylic acids is 1. The van der Waals surface area contributed by atoms with Crippen molar-refractivity contribution in [2.24, 2.45) is 0 Å². The van der Waals surface area contributed by atoms with E-state index in [1.54, 1.807) is 25.3 Å². The molecule has 106 valence electrons. The zero-order chi connectivity index (χ0) is 13.0. The number of methoxy groups -OCH3 is 1. The van der Waals surface area contributed by atoms with Gasteiger partial charge in [-0.2, -0.15) is 0 Å². The van der Waals surface area contributed by atoms with E-state index in [-0.39, 0.29) is 18.3 Å². The lowest BCUT2D eigenvalue weighted by atomic mass is 10.1. The van der Waals surface area contributed by atoms with Crippen LogP contribution in [0.2, 0.25) is 5.02 Å². The smallest absolute Gasteiger partial charge is 0.257 e. The first kappa shape index (κ1) is 16.1. The van der Waals surface area contributed by atoms with Gasteiger partial charge >= 0.3 is 0 Å². The fraction of sp³-hybridized carbons (Fsp3) is 0.462. The van der Waals surface area contributed by atoms with E-state index in [9.17, 15) is 4.79 Å². The van der Waals surface area contributed by atoms with Crippen LogP contribution >= 0.6 is 24.0 Å². The van der Waals surface area contributed by atoms with Gasteiger partial charge in [0, 0.05) is 24.7 Å². The van der Waals surface area contributed by atoms with E-state index >= 15 is 0 Å². The summed E-state index contributed by atoms with van der Waals surface area (Å²) in [6.07, 6.45) is 0.974. The van der Waals surface area contributed by atoms with Crippen LogP contribution in [0.1, 0.15) is 16.8 Å². The van der Waals surface area contributed by atoms with E-state index in [0.717, 1.165) is 32.6 Å². The number of nitrogens with zero attached hydrogens (tertiary/aromatic N) is 1. The second-order valence-corrected chi connectivity index (χ2v) is 4.68. The van der Waals surface area contributed by atoms with Crippen molar-refractivity contribution in [3.05, 3.63) is 28.8 Å². The molecule has 1 saturated heterocycles. The summed E-state index contributed by atoms with van der Waals surface area (Å²) in [6.45, 7) is 3.30. The Morgan fingerprint density at radius 2 is 2.16 bits per heavy atom. The highest BCUT2D eigenvalue weighted by Gasteiger charge is 2.20. The van der Waals surface area contributed by atoms with Crippen molar-refractivity contribution in [1.29, 1.82) is 0 Å². The molecular formula is C13H18Cl2N2O2. The van der Waals surface area contributed by atoms with Gasteiger partial charge in [0.2, 0.25) is 0 Å². The summed E-state index contributed by atoms with van der Waals surface area (Å²) >= 11 is 5.90. The normalized spacial score (nSPS) is 15.4. The molecule has 1 aliphatic rings. The molecule has 0 unspecified atom stereocenters. The second kappa shape index (κ2) is 7.58. The van der Waals surface area contributed by atoms with Crippen LogP contribution in [0.5, 0.6) is 5.75 Å². The molecule has 1 N–H and O–H groups in total. The van der Waals surface area contributed by atoms with Crippen LogP contribution in [0.3, 0.4) is 0 Å². The van der Waals surface area contributed by atoms with E-state index < -0.39 is 0 Å². The average Bonchev–Trinajstić information content (AvgIpc) is 2.66. The Bertz CT molecular complexity index is 433. The van der Waals surface area contributed by atoms with E-state index in [1.807, 2.05) is 4.90 Å². The number of benzene rings is 1. The Balaban J connectivity index is 0.00000180. The molecule has 1 heterocycles. The zero-order valence-corrected chi connectivity index (χ0v) is 12.4. The van der Waals surface area contributed by atoms with Crippen LogP contribution < -0.4 is 10.1 Å². The van der Waals surface area contributed by atoms with Crippen molar-refractivity contribution in [3.8, 4) is 5.75 Å². The Morgan fingerprint density at radius 1 is 1.37 bits per heavy atom. The van der Waals surface area contributed by atoms with Crippen molar-refractivity contribution in [3.63, 3.8) is 0 Å². The molecule has 4 nitrogen and oxygen atoms in total. The molecule has 19 heavy (non-hydrogen) atoms. The Morgan fingerprint density at radius 3 is 2.89 bits per heavy atom. The molecule has 0 bridgehead atoms. The van der Waals surface area contributed by atoms with Crippen molar-refractivity contribution >= 4 is 29.9 Å². The van der Waals surface area contributed by atoms with Crippen molar-refractivity contribution < 1.29 is 9.53 Å². The van der Waals surface area contributed by atoms with Crippen LogP contribution in [-0.2, 0) is 0 Å². The molecule has 0 saturated carbocycles. The Labute approximate surface area is 124 Å². The third-order valence-corrected chi connectivity index (χ3v) is 3.26. The molecule has 2 rings (SSSR count). The molecule has 6 heteroatoms. The van der Waals surface area contributed by atoms with Gasteiger partial charge in [0.05, 0.1) is 12.7 Å². The van der Waals surface area contributed by atoms with Gasteiger partial charge < -0.3 is 15.0 Å². The maximum absolute atomic E-state index is 12.4. The van der Waals surface area contributed by atoms with E-state index in [1.165, 1.54) is 0 Å². The average molecular weight is 305 g/mol. The molecular weight excluding hydrogens is 287 g/mol. The molecule has 1 aromatic carbocycles. The number of ether oxygens (including phenoxy) is 1. The van der Waals surface area contributed by atoms with Crippen molar-refractivity contribution in [2.75, 3.05) is 33.3 Å². The van der Waals surface area contributed by atoms with Gasteiger partial charge in [0.1, 0.15) is 5.75 Å². The molecule has 0 radical (unpaired) electrons. The van der Waals surface area contributed by atoms with Gasteiger partial charge in [-0.25, -0.2) is 0 Å². The first-order valence-electron chi connectivity index (χ1n) is 6.06.